The third-order valence-corrected chi connectivity index (χ3v) is 13.7. The van der Waals surface area contributed by atoms with E-state index in [-0.39, 0.29) is 0 Å². The summed E-state index contributed by atoms with van der Waals surface area (Å²) in [6.45, 7) is 0. The van der Waals surface area contributed by atoms with Crippen LogP contribution in [0.5, 0.6) is 0 Å². The summed E-state index contributed by atoms with van der Waals surface area (Å²) in [6, 6.07) is 78.3. The third-order valence-electron chi connectivity index (χ3n) is 12.6. The summed E-state index contributed by atoms with van der Waals surface area (Å²) in [5.41, 5.74) is 10.6. The molecule has 0 bridgehead atoms. The van der Waals surface area contributed by atoms with E-state index in [0.29, 0.717) is 17.5 Å². The molecule has 0 saturated carbocycles. The molecule has 0 aliphatic heterocycles. The minimum absolute atomic E-state index is 0.609. The Bertz CT molecular complexity index is 3960. The van der Waals surface area contributed by atoms with Crippen LogP contribution in [0.15, 0.2) is 218 Å². The maximum Gasteiger partial charge on any atom is 0.164 e. The summed E-state index contributed by atoms with van der Waals surface area (Å²) >= 11 is 1.81. The smallest absolute Gasteiger partial charge is 0.164 e. The number of para-hydroxylation sites is 1. The summed E-state index contributed by atoms with van der Waals surface area (Å²) in [5.74, 6) is 1.87. The van der Waals surface area contributed by atoms with Gasteiger partial charge in [-0.15, -0.1) is 11.3 Å². The van der Waals surface area contributed by atoms with E-state index in [0.717, 1.165) is 44.5 Å². The maximum absolute atomic E-state index is 5.39. The van der Waals surface area contributed by atoms with Crippen molar-refractivity contribution in [2.75, 3.05) is 0 Å². The molecule has 13 rings (SSSR count). The van der Waals surface area contributed by atoms with Crippen LogP contribution in [0.3, 0.4) is 0 Å². The van der Waals surface area contributed by atoms with Crippen LogP contribution >= 0.6 is 11.3 Å². The Kier molecular flexibility index (Phi) is 8.36. The normalized spacial score (nSPS) is 11.8. The van der Waals surface area contributed by atoms with Crippen LogP contribution in [0.25, 0.3) is 126 Å². The topological polar surface area (TPSA) is 43.6 Å². The van der Waals surface area contributed by atoms with Gasteiger partial charge in [-0.2, -0.15) is 0 Å². The van der Waals surface area contributed by atoms with Crippen molar-refractivity contribution in [3.8, 4) is 62.1 Å². The van der Waals surface area contributed by atoms with Crippen molar-refractivity contribution in [3.05, 3.63) is 218 Å². The van der Waals surface area contributed by atoms with Gasteiger partial charge in [0.15, 0.2) is 17.5 Å². The predicted octanol–water partition coefficient (Wildman–Crippen LogP) is 16.0. The molecule has 0 aliphatic rings. The molecule has 13 aromatic rings. The lowest BCUT2D eigenvalue weighted by atomic mass is 9.92. The van der Waals surface area contributed by atoms with Crippen LogP contribution in [0, 0.1) is 0 Å². The molecule has 5 heteroatoms. The lowest BCUT2D eigenvalue weighted by molar-refractivity contribution is 1.07. The molecule has 298 valence electrons. The number of hydrogen-bond acceptors (Lipinski definition) is 4. The van der Waals surface area contributed by atoms with E-state index in [1.165, 1.54) is 63.6 Å². The molecule has 3 heterocycles. The number of aromatic nitrogens is 4. The van der Waals surface area contributed by atoms with Gasteiger partial charge in [-0.25, -0.2) is 15.0 Å². The first-order valence-electron chi connectivity index (χ1n) is 21.6. The zero-order chi connectivity index (χ0) is 42.1. The summed E-state index contributed by atoms with van der Waals surface area (Å²) in [5, 5.41) is 9.68. The number of hydrogen-bond donors (Lipinski definition) is 0. The van der Waals surface area contributed by atoms with E-state index in [9.17, 15) is 0 Å². The maximum atomic E-state index is 5.39. The first-order valence-corrected chi connectivity index (χ1v) is 22.4. The van der Waals surface area contributed by atoms with Gasteiger partial charge >= 0.3 is 0 Å². The Balaban J connectivity index is 1.11. The van der Waals surface area contributed by atoms with E-state index >= 15 is 0 Å². The second-order valence-electron chi connectivity index (χ2n) is 16.4. The highest BCUT2D eigenvalue weighted by molar-refractivity contribution is 7.25. The van der Waals surface area contributed by atoms with E-state index < -0.39 is 0 Å². The zero-order valence-corrected chi connectivity index (χ0v) is 35.3. The van der Waals surface area contributed by atoms with Gasteiger partial charge in [0, 0.05) is 53.3 Å². The minimum atomic E-state index is 0.609. The highest BCUT2D eigenvalue weighted by Gasteiger charge is 2.20. The van der Waals surface area contributed by atoms with Gasteiger partial charge in [0.25, 0.3) is 0 Å². The summed E-state index contributed by atoms with van der Waals surface area (Å²) in [4.78, 5) is 15.9. The predicted molar refractivity (Wildman–Crippen MR) is 269 cm³/mol. The van der Waals surface area contributed by atoms with Gasteiger partial charge in [0.1, 0.15) is 0 Å². The fraction of sp³-hybridized carbons (Fsp3) is 0. The molecule has 0 radical (unpaired) electrons. The zero-order valence-electron chi connectivity index (χ0n) is 34.5. The highest BCUT2D eigenvalue weighted by atomic mass is 32.1. The second kappa shape index (κ2) is 14.7. The molecular formula is C59H36N4S. The molecule has 10 aromatic carbocycles. The Hall–Kier alpha value is -8.25. The minimum Gasteiger partial charge on any atom is -0.309 e. The van der Waals surface area contributed by atoms with Crippen LogP contribution in [0.2, 0.25) is 0 Å². The van der Waals surface area contributed by atoms with Gasteiger partial charge in [0.05, 0.1) is 11.0 Å². The van der Waals surface area contributed by atoms with Crippen molar-refractivity contribution in [2.45, 2.75) is 0 Å². The average Bonchev–Trinajstić information content (AvgIpc) is 3.91. The Morgan fingerprint density at radius 2 is 0.875 bits per heavy atom. The first-order chi connectivity index (χ1) is 31.7. The number of rotatable bonds is 6. The van der Waals surface area contributed by atoms with Crippen molar-refractivity contribution in [2.24, 2.45) is 0 Å². The Morgan fingerprint density at radius 1 is 0.297 bits per heavy atom. The summed E-state index contributed by atoms with van der Waals surface area (Å²) < 4.78 is 4.93. The number of fused-ring (bicyclic) bond motifs is 9. The quantitative estimate of drug-likeness (QED) is 0.157. The fourth-order valence-electron chi connectivity index (χ4n) is 9.59. The lowest BCUT2D eigenvalue weighted by Gasteiger charge is -2.16. The fourth-order valence-corrected chi connectivity index (χ4v) is 10.7. The van der Waals surface area contributed by atoms with Gasteiger partial charge in [-0.3, -0.25) is 0 Å². The van der Waals surface area contributed by atoms with Crippen molar-refractivity contribution in [1.82, 2.24) is 19.5 Å². The summed E-state index contributed by atoms with van der Waals surface area (Å²) in [6.07, 6.45) is 0. The Morgan fingerprint density at radius 3 is 1.69 bits per heavy atom. The van der Waals surface area contributed by atoms with E-state index in [1.807, 2.05) is 29.5 Å². The van der Waals surface area contributed by atoms with E-state index in [1.54, 1.807) is 0 Å². The van der Waals surface area contributed by atoms with Gasteiger partial charge < -0.3 is 4.57 Å². The van der Waals surface area contributed by atoms with Gasteiger partial charge in [-0.1, -0.05) is 158 Å². The molecular weight excluding hydrogens is 797 g/mol. The lowest BCUT2D eigenvalue weighted by Crippen LogP contribution is -2.02. The first kappa shape index (κ1) is 36.4. The van der Waals surface area contributed by atoms with Crippen LogP contribution in [-0.4, -0.2) is 19.5 Å². The monoisotopic (exact) mass is 832 g/mol. The third kappa shape index (κ3) is 6.01. The van der Waals surface area contributed by atoms with Crippen molar-refractivity contribution in [1.29, 1.82) is 0 Å². The molecule has 3 aromatic heterocycles. The van der Waals surface area contributed by atoms with E-state index in [4.69, 9.17) is 15.0 Å². The summed E-state index contributed by atoms with van der Waals surface area (Å²) in [7, 11) is 0. The average molecular weight is 833 g/mol. The van der Waals surface area contributed by atoms with Crippen molar-refractivity contribution < 1.29 is 0 Å². The molecule has 0 atom stereocenters. The van der Waals surface area contributed by atoms with Crippen molar-refractivity contribution >= 4 is 74.9 Å². The van der Waals surface area contributed by atoms with E-state index in [2.05, 4.69) is 205 Å². The van der Waals surface area contributed by atoms with Crippen LogP contribution in [0.1, 0.15) is 0 Å². The molecule has 0 aliphatic carbocycles. The SMILES string of the molecule is c1ccc(-c2ccc3c4ccccc4n(-c4cc(-c5nc(-c6ccccc6)nc(-c6ccc7sc8ccccc8c7c6)n5)cc(-c5cc6ccccc6c6ccccc56)c4)c3c2)cc1. The molecule has 0 saturated heterocycles. The molecule has 0 unspecified atom stereocenters. The van der Waals surface area contributed by atoms with Crippen LogP contribution in [0.4, 0.5) is 0 Å². The van der Waals surface area contributed by atoms with Crippen LogP contribution in [-0.2, 0) is 0 Å². The molecule has 0 fully saturated rings. The highest BCUT2D eigenvalue weighted by Crippen LogP contribution is 2.42. The molecule has 0 spiro atoms. The number of thiophene rings is 1. The van der Waals surface area contributed by atoms with Crippen LogP contribution < -0.4 is 0 Å². The molecule has 64 heavy (non-hydrogen) atoms. The van der Waals surface area contributed by atoms with Crippen molar-refractivity contribution in [3.63, 3.8) is 0 Å². The molecule has 4 nitrogen and oxygen atoms in total. The largest absolute Gasteiger partial charge is 0.309 e. The number of benzene rings is 10. The van der Waals surface area contributed by atoms with Gasteiger partial charge in [-0.05, 0) is 104 Å². The number of nitrogens with zero attached hydrogens (tertiary/aromatic N) is 4. The van der Waals surface area contributed by atoms with Gasteiger partial charge in [0.2, 0.25) is 0 Å². The molecule has 0 N–H and O–H groups in total. The molecule has 0 amide bonds. The standard InChI is InChI=1S/C59H36N4S/c1-3-15-37(16-4-1)39-27-29-49-48-23-11-13-25-53(48)63(54(49)36-39)44-32-42(51-34-40-19-7-8-20-45(40)46-21-9-10-22-47(46)51)31-43(33-44)59-61-57(38-17-5-2-6-18-38)60-58(62-59)41-28-30-56-52(35-41)50-24-12-14-26-55(50)64-56/h1-36H. The Labute approximate surface area is 373 Å². The second-order valence-corrected chi connectivity index (χ2v) is 17.5.